The molecule has 3 aromatic rings. The molecule has 0 amide bonds. The van der Waals surface area contributed by atoms with Crippen molar-refractivity contribution in [2.75, 3.05) is 32.7 Å². The fourth-order valence-electron chi connectivity index (χ4n) is 5.08. The van der Waals surface area contributed by atoms with Crippen molar-refractivity contribution in [3.8, 4) is 23.3 Å². The molecule has 186 valence electrons. The van der Waals surface area contributed by atoms with Crippen LogP contribution in [0.15, 0.2) is 71.6 Å². The summed E-state index contributed by atoms with van der Waals surface area (Å²) in [6.45, 7) is 0.293. The smallest absolute Gasteiger partial charge is 0.243 e. The second kappa shape index (κ2) is 9.86. The van der Waals surface area contributed by atoms with Crippen molar-refractivity contribution in [2.24, 2.45) is 5.92 Å². The van der Waals surface area contributed by atoms with E-state index >= 15 is 0 Å². The fraction of sp³-hybridized carbons (Fsp3) is 0.286. The number of fused-ring (bicyclic) bond motifs is 3. The van der Waals surface area contributed by atoms with Crippen molar-refractivity contribution in [3.63, 3.8) is 0 Å². The van der Waals surface area contributed by atoms with E-state index in [9.17, 15) is 13.5 Å². The topological polar surface area (TPSA) is 88.1 Å². The summed E-state index contributed by atoms with van der Waals surface area (Å²) in [5, 5.41) is 13.5. The Hall–Kier alpha value is -3.51. The van der Waals surface area contributed by atoms with Gasteiger partial charge in [-0.2, -0.15) is 4.31 Å². The molecular formula is C28H28N2O5S. The molecule has 0 aromatic heterocycles. The van der Waals surface area contributed by atoms with Crippen molar-refractivity contribution >= 4 is 15.7 Å². The molecule has 2 aliphatic heterocycles. The van der Waals surface area contributed by atoms with Crippen LogP contribution in [0.5, 0.6) is 11.5 Å². The number of rotatable bonds is 5. The van der Waals surface area contributed by atoms with E-state index in [-0.39, 0.29) is 23.5 Å². The Labute approximate surface area is 211 Å². The second-order valence-electron chi connectivity index (χ2n) is 8.91. The Morgan fingerprint density at radius 1 is 0.972 bits per heavy atom. The Morgan fingerprint density at radius 2 is 1.69 bits per heavy atom. The van der Waals surface area contributed by atoms with Gasteiger partial charge in [0, 0.05) is 35.3 Å². The molecule has 2 heterocycles. The van der Waals surface area contributed by atoms with Gasteiger partial charge in [0.15, 0.2) is 0 Å². The summed E-state index contributed by atoms with van der Waals surface area (Å²) in [5.74, 6) is 7.56. The molecule has 2 aliphatic rings. The molecule has 2 N–H and O–H groups in total. The van der Waals surface area contributed by atoms with Crippen LogP contribution >= 0.6 is 0 Å². The van der Waals surface area contributed by atoms with Gasteiger partial charge in [0.1, 0.15) is 11.5 Å². The number of benzene rings is 3. The number of hydrogen-bond donors (Lipinski definition) is 2. The van der Waals surface area contributed by atoms with Crippen LogP contribution in [0.25, 0.3) is 0 Å². The largest absolute Gasteiger partial charge is 0.497 e. The summed E-state index contributed by atoms with van der Waals surface area (Å²) >= 11 is 0. The molecule has 0 bridgehead atoms. The summed E-state index contributed by atoms with van der Waals surface area (Å²) in [6.07, 6.45) is 0.646. The van der Waals surface area contributed by atoms with Gasteiger partial charge in [0.25, 0.3) is 0 Å². The third kappa shape index (κ3) is 4.42. The Bertz CT molecular complexity index is 1430. The van der Waals surface area contributed by atoms with Gasteiger partial charge in [-0.25, -0.2) is 8.42 Å². The maximum absolute atomic E-state index is 13.8. The molecule has 0 unspecified atom stereocenters. The summed E-state index contributed by atoms with van der Waals surface area (Å²) in [6, 6.07) is 19.2. The highest BCUT2D eigenvalue weighted by molar-refractivity contribution is 7.89. The minimum Gasteiger partial charge on any atom is -0.497 e. The first-order valence-electron chi connectivity index (χ1n) is 11.8. The van der Waals surface area contributed by atoms with Gasteiger partial charge in [-0.05, 0) is 66.6 Å². The van der Waals surface area contributed by atoms with Crippen LogP contribution in [0.4, 0.5) is 5.69 Å². The van der Waals surface area contributed by atoms with Gasteiger partial charge in [-0.1, -0.05) is 17.9 Å². The molecular weight excluding hydrogens is 476 g/mol. The number of ether oxygens (including phenoxy) is 2. The molecule has 0 saturated carbocycles. The lowest BCUT2D eigenvalue weighted by Crippen LogP contribution is -2.42. The molecule has 8 heteroatoms. The Balaban J connectivity index is 1.53. The second-order valence-corrected chi connectivity index (χ2v) is 10.8. The van der Waals surface area contributed by atoms with Gasteiger partial charge in [-0.15, -0.1) is 0 Å². The highest BCUT2D eigenvalue weighted by Gasteiger charge is 2.48. The van der Waals surface area contributed by atoms with Gasteiger partial charge in [0.2, 0.25) is 10.0 Å². The molecule has 0 aliphatic carbocycles. The number of methoxy groups -OCH3 is 2. The summed E-state index contributed by atoms with van der Waals surface area (Å²) in [7, 11) is -0.658. The molecule has 0 radical (unpaired) electrons. The third-order valence-corrected chi connectivity index (χ3v) is 8.79. The highest BCUT2D eigenvalue weighted by Crippen LogP contribution is 2.48. The zero-order valence-corrected chi connectivity index (χ0v) is 21.0. The van der Waals surface area contributed by atoms with E-state index in [1.165, 1.54) is 7.11 Å². The summed E-state index contributed by atoms with van der Waals surface area (Å²) in [4.78, 5) is 0.193. The lowest BCUT2D eigenvalue weighted by atomic mass is 9.83. The minimum atomic E-state index is -3.79. The summed E-state index contributed by atoms with van der Waals surface area (Å²) in [5.41, 5.74) is 3.33. The van der Waals surface area contributed by atoms with Crippen LogP contribution in [-0.4, -0.2) is 51.2 Å². The number of aliphatic hydroxyl groups is 1. The van der Waals surface area contributed by atoms with E-state index in [1.54, 1.807) is 35.7 Å². The van der Waals surface area contributed by atoms with E-state index in [2.05, 4.69) is 17.2 Å². The van der Waals surface area contributed by atoms with Crippen LogP contribution < -0.4 is 14.8 Å². The van der Waals surface area contributed by atoms with Gasteiger partial charge in [-0.3, -0.25) is 0 Å². The predicted octanol–water partition coefficient (Wildman–Crippen LogP) is 3.64. The number of hydrogen-bond acceptors (Lipinski definition) is 6. The SMILES string of the molecule is COc1ccc(C#Cc2ccc3c(c2)[C@@H]2[C@@H](CCN2S(=O)(=O)c2cccc(OC)c2)[C@H](CO)N3)cc1. The zero-order valence-electron chi connectivity index (χ0n) is 20.1. The highest BCUT2D eigenvalue weighted by atomic mass is 32.2. The van der Waals surface area contributed by atoms with E-state index in [1.807, 2.05) is 42.5 Å². The fourth-order valence-corrected chi connectivity index (χ4v) is 6.78. The van der Waals surface area contributed by atoms with Crippen LogP contribution in [0, 0.1) is 17.8 Å². The number of nitrogens with one attached hydrogen (secondary N) is 1. The molecule has 36 heavy (non-hydrogen) atoms. The maximum Gasteiger partial charge on any atom is 0.243 e. The van der Waals surface area contributed by atoms with Crippen LogP contribution in [0.3, 0.4) is 0 Å². The quantitative estimate of drug-likeness (QED) is 0.516. The number of nitrogens with zero attached hydrogens (tertiary/aromatic N) is 1. The van der Waals surface area contributed by atoms with E-state index < -0.39 is 16.1 Å². The first-order valence-corrected chi connectivity index (χ1v) is 13.2. The van der Waals surface area contributed by atoms with E-state index in [0.717, 1.165) is 28.1 Å². The average Bonchev–Trinajstić information content (AvgIpc) is 3.38. The number of anilines is 1. The molecule has 1 fully saturated rings. The van der Waals surface area contributed by atoms with Crippen LogP contribution in [0.1, 0.15) is 29.2 Å². The molecule has 3 atom stereocenters. The van der Waals surface area contributed by atoms with Gasteiger partial charge >= 0.3 is 0 Å². The normalized spacial score (nSPS) is 20.9. The predicted molar refractivity (Wildman–Crippen MR) is 138 cm³/mol. The Kier molecular flexibility index (Phi) is 6.63. The lowest BCUT2D eigenvalue weighted by molar-refractivity contribution is 0.210. The number of sulfonamides is 1. The minimum absolute atomic E-state index is 0.0623. The monoisotopic (exact) mass is 504 g/mol. The van der Waals surface area contributed by atoms with E-state index in [4.69, 9.17) is 9.47 Å². The zero-order chi connectivity index (χ0) is 25.3. The van der Waals surface area contributed by atoms with Crippen molar-refractivity contribution in [3.05, 3.63) is 83.4 Å². The van der Waals surface area contributed by atoms with E-state index in [0.29, 0.717) is 18.7 Å². The first kappa shape index (κ1) is 24.2. The van der Waals surface area contributed by atoms with Gasteiger partial charge < -0.3 is 19.9 Å². The molecule has 7 nitrogen and oxygen atoms in total. The van der Waals surface area contributed by atoms with Crippen molar-refractivity contribution < 1.29 is 23.0 Å². The number of aliphatic hydroxyl groups excluding tert-OH is 1. The van der Waals surface area contributed by atoms with Crippen LogP contribution in [-0.2, 0) is 10.0 Å². The Morgan fingerprint density at radius 3 is 2.42 bits per heavy atom. The van der Waals surface area contributed by atoms with Crippen LogP contribution in [0.2, 0.25) is 0 Å². The lowest BCUT2D eigenvalue weighted by Gasteiger charge is -2.38. The first-order chi connectivity index (χ1) is 17.4. The third-order valence-electron chi connectivity index (χ3n) is 6.91. The summed E-state index contributed by atoms with van der Waals surface area (Å²) < 4.78 is 39.5. The molecule has 3 aromatic carbocycles. The molecule has 1 saturated heterocycles. The standard InChI is InChI=1S/C28H28N2O5S/c1-34-21-11-8-19(9-12-21)6-7-20-10-13-26-25(16-20)28-24(27(18-31)29-26)14-15-30(28)36(32,33)23-5-3-4-22(17-23)35-2/h3-5,8-13,16-17,24,27-29,31H,14-15,18H2,1-2H3/t24-,27-,28-/m0/s1. The molecule has 0 spiro atoms. The van der Waals surface area contributed by atoms with Gasteiger partial charge in [0.05, 0.1) is 37.8 Å². The molecule has 5 rings (SSSR count). The van der Waals surface area contributed by atoms with Crippen molar-refractivity contribution in [1.82, 2.24) is 4.31 Å². The van der Waals surface area contributed by atoms with Crippen molar-refractivity contribution in [2.45, 2.75) is 23.4 Å². The maximum atomic E-state index is 13.8. The van der Waals surface area contributed by atoms with Crippen molar-refractivity contribution in [1.29, 1.82) is 0 Å². The average molecular weight is 505 g/mol.